The van der Waals surface area contributed by atoms with Crippen molar-refractivity contribution >= 4 is 11.7 Å². The second-order valence-electron chi connectivity index (χ2n) is 6.04. The fraction of sp³-hybridized carbons (Fsp3) is 0.389. The van der Waals surface area contributed by atoms with Crippen molar-refractivity contribution < 1.29 is 9.53 Å². The number of methoxy groups -OCH3 is 1. The Bertz CT molecular complexity index is 590. The molecule has 0 amide bonds. The minimum Gasteiger partial charge on any atom is -0.468 e. The monoisotopic (exact) mass is 283 g/mol. The molecule has 0 spiro atoms. The Kier molecular flexibility index (Phi) is 3.58. The number of nitrogens with one attached hydrogen (secondary N) is 1. The van der Waals surface area contributed by atoms with Crippen LogP contribution < -0.4 is 5.32 Å². The third-order valence-corrected chi connectivity index (χ3v) is 4.54. The summed E-state index contributed by atoms with van der Waals surface area (Å²) in [5.74, 6) is 0.103. The van der Waals surface area contributed by atoms with Crippen LogP contribution in [0.25, 0.3) is 0 Å². The first-order valence-electron chi connectivity index (χ1n) is 7.41. The molecule has 3 atom stereocenters. The molecule has 0 saturated carbocycles. The van der Waals surface area contributed by atoms with Crippen molar-refractivity contribution in [1.29, 1.82) is 0 Å². The number of allylic oxidation sites excluding steroid dienone is 2. The molecule has 1 N–H and O–H groups in total. The normalized spacial score (nSPS) is 30.5. The van der Waals surface area contributed by atoms with Crippen LogP contribution in [0.15, 0.2) is 54.1 Å². The summed E-state index contributed by atoms with van der Waals surface area (Å²) in [5.41, 5.74) is 1.90. The van der Waals surface area contributed by atoms with Crippen LogP contribution in [0.5, 0.6) is 0 Å². The predicted octanol–water partition coefficient (Wildman–Crippen LogP) is 3.55. The lowest BCUT2D eigenvalue weighted by Gasteiger charge is -2.36. The Morgan fingerprint density at radius 2 is 2.10 bits per heavy atom. The molecule has 1 aromatic carbocycles. The summed E-state index contributed by atoms with van der Waals surface area (Å²) in [4.78, 5) is 12.3. The van der Waals surface area contributed by atoms with Crippen molar-refractivity contribution in [3.8, 4) is 0 Å². The third kappa shape index (κ3) is 2.48. The molecule has 3 rings (SSSR count). The summed E-state index contributed by atoms with van der Waals surface area (Å²) >= 11 is 0. The fourth-order valence-corrected chi connectivity index (χ4v) is 3.58. The van der Waals surface area contributed by atoms with Gasteiger partial charge in [-0.25, -0.2) is 0 Å². The molecular formula is C18H21NO2. The lowest BCUT2D eigenvalue weighted by atomic mass is 9.70. The summed E-state index contributed by atoms with van der Waals surface area (Å²) in [6.07, 6.45) is 8.10. The minimum absolute atomic E-state index is 0.116. The first-order chi connectivity index (χ1) is 10.1. The number of fused-ring (bicyclic) bond motifs is 1. The van der Waals surface area contributed by atoms with Gasteiger partial charge in [0.2, 0.25) is 0 Å². The Morgan fingerprint density at radius 3 is 2.81 bits per heavy atom. The van der Waals surface area contributed by atoms with Crippen molar-refractivity contribution in [3.63, 3.8) is 0 Å². The van der Waals surface area contributed by atoms with Crippen LogP contribution in [-0.4, -0.2) is 19.1 Å². The SMILES string of the molecule is COC(=O)[C@]12C=C[C@H](Nc3ccccc3)C[C@H]1C=C(C)C2. The molecule has 0 fully saturated rings. The first kappa shape index (κ1) is 13.9. The molecule has 0 aromatic heterocycles. The number of hydrogen-bond acceptors (Lipinski definition) is 3. The standard InChI is InChI=1S/C18H21NO2/c1-13-10-14-11-16(19-15-6-4-3-5-7-15)8-9-18(14,12-13)17(20)21-2/h3-10,14,16,19H,11-12H2,1-2H3/t14-,16+,18+/m1/s1. The van der Waals surface area contributed by atoms with E-state index in [2.05, 4.69) is 42.6 Å². The fourth-order valence-electron chi connectivity index (χ4n) is 3.58. The van der Waals surface area contributed by atoms with Crippen LogP contribution in [0.4, 0.5) is 5.69 Å². The highest BCUT2D eigenvalue weighted by Gasteiger charge is 2.49. The van der Waals surface area contributed by atoms with Crippen molar-refractivity contribution in [2.75, 3.05) is 12.4 Å². The van der Waals surface area contributed by atoms with E-state index in [0.29, 0.717) is 0 Å². The molecule has 21 heavy (non-hydrogen) atoms. The van der Waals surface area contributed by atoms with Gasteiger partial charge in [0.15, 0.2) is 0 Å². The summed E-state index contributed by atoms with van der Waals surface area (Å²) in [5, 5.41) is 3.51. The third-order valence-electron chi connectivity index (χ3n) is 4.54. The van der Waals surface area contributed by atoms with E-state index in [4.69, 9.17) is 4.74 Å². The number of esters is 1. The summed E-state index contributed by atoms with van der Waals surface area (Å²) < 4.78 is 5.05. The van der Waals surface area contributed by atoms with Gasteiger partial charge in [-0.15, -0.1) is 0 Å². The molecule has 0 unspecified atom stereocenters. The van der Waals surface area contributed by atoms with E-state index in [0.717, 1.165) is 18.5 Å². The van der Waals surface area contributed by atoms with Crippen LogP contribution in [0.3, 0.4) is 0 Å². The Labute approximate surface area is 125 Å². The smallest absolute Gasteiger partial charge is 0.316 e. The van der Waals surface area contributed by atoms with Crippen molar-refractivity contribution in [2.24, 2.45) is 11.3 Å². The molecule has 2 aliphatic carbocycles. The van der Waals surface area contributed by atoms with Crippen LogP contribution in [0.1, 0.15) is 19.8 Å². The van der Waals surface area contributed by atoms with Gasteiger partial charge in [0.1, 0.15) is 0 Å². The Balaban J connectivity index is 1.82. The number of hydrogen-bond donors (Lipinski definition) is 1. The molecule has 1 aromatic rings. The van der Waals surface area contributed by atoms with Gasteiger partial charge >= 0.3 is 5.97 Å². The van der Waals surface area contributed by atoms with Gasteiger partial charge in [0.05, 0.1) is 12.5 Å². The van der Waals surface area contributed by atoms with Gasteiger partial charge in [0.25, 0.3) is 0 Å². The molecule has 110 valence electrons. The first-order valence-corrected chi connectivity index (χ1v) is 7.41. The lowest BCUT2D eigenvalue weighted by molar-refractivity contribution is -0.151. The molecule has 2 aliphatic rings. The zero-order chi connectivity index (χ0) is 14.9. The number of carbonyl (C=O) groups is 1. The largest absolute Gasteiger partial charge is 0.468 e. The molecular weight excluding hydrogens is 262 g/mol. The maximum Gasteiger partial charge on any atom is 0.316 e. The predicted molar refractivity (Wildman–Crippen MR) is 83.9 cm³/mol. The van der Waals surface area contributed by atoms with Gasteiger partial charge in [-0.2, -0.15) is 0 Å². The number of benzene rings is 1. The Morgan fingerprint density at radius 1 is 1.33 bits per heavy atom. The van der Waals surface area contributed by atoms with Crippen molar-refractivity contribution in [1.82, 2.24) is 0 Å². The number of carbonyl (C=O) groups excluding carboxylic acids is 1. The van der Waals surface area contributed by atoms with Crippen molar-refractivity contribution in [2.45, 2.75) is 25.8 Å². The lowest BCUT2D eigenvalue weighted by Crippen LogP contribution is -2.40. The highest BCUT2D eigenvalue weighted by molar-refractivity contribution is 5.81. The van der Waals surface area contributed by atoms with Gasteiger partial charge in [0, 0.05) is 11.7 Å². The van der Waals surface area contributed by atoms with E-state index < -0.39 is 5.41 Å². The van der Waals surface area contributed by atoms with E-state index in [1.165, 1.54) is 12.7 Å². The molecule has 0 radical (unpaired) electrons. The number of rotatable bonds is 3. The van der Waals surface area contributed by atoms with Crippen LogP contribution in [-0.2, 0) is 9.53 Å². The highest BCUT2D eigenvalue weighted by Crippen LogP contribution is 2.49. The van der Waals surface area contributed by atoms with Gasteiger partial charge in [-0.1, -0.05) is 42.0 Å². The summed E-state index contributed by atoms with van der Waals surface area (Å²) in [6.45, 7) is 2.09. The molecule has 3 heteroatoms. The van der Waals surface area contributed by atoms with Gasteiger partial charge in [-0.05, 0) is 37.8 Å². The molecule has 3 nitrogen and oxygen atoms in total. The van der Waals surface area contributed by atoms with E-state index >= 15 is 0 Å². The quantitative estimate of drug-likeness (QED) is 0.681. The average molecular weight is 283 g/mol. The maximum absolute atomic E-state index is 12.3. The van der Waals surface area contributed by atoms with E-state index in [9.17, 15) is 4.79 Å². The van der Waals surface area contributed by atoms with E-state index in [-0.39, 0.29) is 17.9 Å². The topological polar surface area (TPSA) is 38.3 Å². The van der Waals surface area contributed by atoms with E-state index in [1.54, 1.807) is 0 Å². The zero-order valence-corrected chi connectivity index (χ0v) is 12.5. The van der Waals surface area contributed by atoms with E-state index in [1.807, 2.05) is 18.2 Å². The van der Waals surface area contributed by atoms with Gasteiger partial charge in [-0.3, -0.25) is 4.79 Å². The number of para-hydroxylation sites is 1. The minimum atomic E-state index is -0.478. The molecule has 0 bridgehead atoms. The summed E-state index contributed by atoms with van der Waals surface area (Å²) in [7, 11) is 1.48. The summed E-state index contributed by atoms with van der Waals surface area (Å²) in [6, 6.07) is 10.4. The number of anilines is 1. The molecule has 0 heterocycles. The van der Waals surface area contributed by atoms with Crippen LogP contribution in [0, 0.1) is 11.3 Å². The number of ether oxygens (including phenoxy) is 1. The van der Waals surface area contributed by atoms with Crippen molar-refractivity contribution in [3.05, 3.63) is 54.1 Å². The van der Waals surface area contributed by atoms with Crippen LogP contribution >= 0.6 is 0 Å². The molecule has 0 aliphatic heterocycles. The maximum atomic E-state index is 12.3. The molecule has 0 saturated heterocycles. The second-order valence-corrected chi connectivity index (χ2v) is 6.04. The average Bonchev–Trinajstić information content (AvgIpc) is 2.84. The zero-order valence-electron chi connectivity index (χ0n) is 12.5. The second kappa shape index (κ2) is 5.40. The Hall–Kier alpha value is -2.03. The highest BCUT2D eigenvalue weighted by atomic mass is 16.5. The van der Waals surface area contributed by atoms with Gasteiger partial charge < -0.3 is 10.1 Å². The van der Waals surface area contributed by atoms with Crippen LogP contribution in [0.2, 0.25) is 0 Å².